The molecule has 1 saturated carbocycles. The van der Waals surface area contributed by atoms with Crippen LogP contribution < -0.4 is 16.8 Å². The largest absolute Gasteiger partial charge is 0.383 e. The summed E-state index contributed by atoms with van der Waals surface area (Å²) in [4.78, 5) is 30.8. The van der Waals surface area contributed by atoms with Gasteiger partial charge in [0.1, 0.15) is 5.82 Å². The van der Waals surface area contributed by atoms with E-state index >= 15 is 0 Å². The quantitative estimate of drug-likeness (QED) is 0.749. The van der Waals surface area contributed by atoms with Gasteiger partial charge in [0.25, 0.3) is 5.91 Å². The van der Waals surface area contributed by atoms with Crippen LogP contribution in [0.5, 0.6) is 0 Å². The number of nitrogen functional groups attached to an aromatic ring is 1. The van der Waals surface area contributed by atoms with Crippen LogP contribution in [0.1, 0.15) is 55.3 Å². The lowest BCUT2D eigenvalue weighted by molar-refractivity contribution is -0.135. The number of pyridine rings is 1. The van der Waals surface area contributed by atoms with Crippen LogP contribution in [-0.4, -0.2) is 46.9 Å². The molecule has 2 fully saturated rings. The molecule has 7 heteroatoms. The molecule has 0 aromatic carbocycles. The maximum atomic E-state index is 12.6. The Bertz CT molecular complexity index is 637. The minimum absolute atomic E-state index is 0.0932. The van der Waals surface area contributed by atoms with Crippen molar-refractivity contribution in [3.8, 4) is 0 Å². The van der Waals surface area contributed by atoms with Crippen molar-refractivity contribution in [3.63, 3.8) is 0 Å². The molecule has 0 spiro atoms. The van der Waals surface area contributed by atoms with Crippen molar-refractivity contribution in [3.05, 3.63) is 23.9 Å². The highest BCUT2D eigenvalue weighted by Crippen LogP contribution is 2.28. The molecule has 26 heavy (non-hydrogen) atoms. The van der Waals surface area contributed by atoms with Gasteiger partial charge in [0.15, 0.2) is 0 Å². The van der Waals surface area contributed by atoms with Gasteiger partial charge < -0.3 is 21.7 Å². The fraction of sp³-hybridized carbons (Fsp3) is 0.632. The second-order valence-corrected chi connectivity index (χ2v) is 7.43. The molecule has 1 atom stereocenters. The fourth-order valence-electron chi connectivity index (χ4n) is 4.02. The van der Waals surface area contributed by atoms with Crippen LogP contribution in [0.3, 0.4) is 0 Å². The summed E-state index contributed by atoms with van der Waals surface area (Å²) in [5.41, 5.74) is 12.4. The van der Waals surface area contributed by atoms with E-state index in [0.29, 0.717) is 5.56 Å². The zero-order valence-corrected chi connectivity index (χ0v) is 15.2. The molecule has 0 radical (unpaired) electrons. The first-order valence-electron chi connectivity index (χ1n) is 9.62. The van der Waals surface area contributed by atoms with E-state index in [0.717, 1.165) is 51.6 Å². The molecule has 142 valence electrons. The summed E-state index contributed by atoms with van der Waals surface area (Å²) >= 11 is 0. The Morgan fingerprint density at radius 3 is 2.50 bits per heavy atom. The SMILES string of the molecule is Nc1ncccc1C(=O)NC1CCC([C@H](N)C(=O)N2CCCCC2)CC1. The Morgan fingerprint density at radius 2 is 1.85 bits per heavy atom. The van der Waals surface area contributed by atoms with Gasteiger partial charge in [-0.15, -0.1) is 0 Å². The van der Waals surface area contributed by atoms with Gasteiger partial charge in [0, 0.05) is 25.3 Å². The zero-order chi connectivity index (χ0) is 18.5. The monoisotopic (exact) mass is 359 g/mol. The van der Waals surface area contributed by atoms with E-state index in [2.05, 4.69) is 10.3 Å². The third kappa shape index (κ3) is 4.33. The van der Waals surface area contributed by atoms with Gasteiger partial charge in [-0.1, -0.05) is 0 Å². The third-order valence-corrected chi connectivity index (χ3v) is 5.65. The predicted octanol–water partition coefficient (Wildman–Crippen LogP) is 1.29. The lowest BCUT2D eigenvalue weighted by atomic mass is 9.81. The number of amides is 2. The highest BCUT2D eigenvalue weighted by Gasteiger charge is 2.32. The van der Waals surface area contributed by atoms with Crippen molar-refractivity contribution in [1.82, 2.24) is 15.2 Å². The van der Waals surface area contributed by atoms with E-state index in [1.165, 1.54) is 6.42 Å². The number of rotatable bonds is 4. The standard InChI is InChI=1S/C19H29N5O2/c20-16(19(26)24-11-2-1-3-12-24)13-6-8-14(9-7-13)23-18(25)15-5-4-10-22-17(15)21/h4-5,10,13-14,16H,1-3,6-9,11-12,20H2,(H2,21,22)(H,23,25)/t13?,14?,16-/m0/s1. The molecule has 2 aliphatic rings. The molecule has 1 aromatic heterocycles. The number of carbonyl (C=O) groups excluding carboxylic acids is 2. The molecular weight excluding hydrogens is 330 g/mol. The molecule has 1 aliphatic carbocycles. The second kappa shape index (κ2) is 8.49. The van der Waals surface area contributed by atoms with Crippen molar-refractivity contribution in [2.24, 2.45) is 11.7 Å². The van der Waals surface area contributed by atoms with Crippen LogP contribution in [0, 0.1) is 5.92 Å². The molecule has 1 aromatic rings. The van der Waals surface area contributed by atoms with Gasteiger partial charge in [-0.2, -0.15) is 0 Å². The molecule has 3 rings (SSSR count). The van der Waals surface area contributed by atoms with Crippen molar-refractivity contribution >= 4 is 17.6 Å². The normalized spacial score (nSPS) is 24.7. The van der Waals surface area contributed by atoms with E-state index < -0.39 is 6.04 Å². The zero-order valence-electron chi connectivity index (χ0n) is 15.2. The minimum Gasteiger partial charge on any atom is -0.383 e. The molecule has 5 N–H and O–H groups in total. The van der Waals surface area contributed by atoms with Crippen molar-refractivity contribution in [2.75, 3.05) is 18.8 Å². The molecule has 2 heterocycles. The van der Waals surface area contributed by atoms with Crippen LogP contribution in [0.15, 0.2) is 18.3 Å². The van der Waals surface area contributed by atoms with E-state index in [1.807, 2.05) is 4.90 Å². The number of likely N-dealkylation sites (tertiary alicyclic amines) is 1. The Morgan fingerprint density at radius 1 is 1.15 bits per heavy atom. The molecular formula is C19H29N5O2. The highest BCUT2D eigenvalue weighted by molar-refractivity contribution is 5.98. The summed E-state index contributed by atoms with van der Waals surface area (Å²) < 4.78 is 0. The topological polar surface area (TPSA) is 114 Å². The Kier molecular flexibility index (Phi) is 6.08. The summed E-state index contributed by atoms with van der Waals surface area (Å²) in [6.45, 7) is 1.68. The maximum absolute atomic E-state index is 12.6. The van der Waals surface area contributed by atoms with Gasteiger partial charge in [0.2, 0.25) is 5.91 Å². The number of nitrogens with one attached hydrogen (secondary N) is 1. The average Bonchev–Trinajstić information content (AvgIpc) is 2.68. The van der Waals surface area contributed by atoms with Crippen molar-refractivity contribution in [2.45, 2.75) is 57.0 Å². The minimum atomic E-state index is -0.418. The van der Waals surface area contributed by atoms with Crippen LogP contribution in [-0.2, 0) is 4.79 Å². The molecule has 7 nitrogen and oxygen atoms in total. The summed E-state index contributed by atoms with van der Waals surface area (Å²) in [5, 5.41) is 3.03. The van der Waals surface area contributed by atoms with Gasteiger partial charge >= 0.3 is 0 Å². The van der Waals surface area contributed by atoms with E-state index in [9.17, 15) is 9.59 Å². The number of piperidine rings is 1. The number of hydrogen-bond donors (Lipinski definition) is 3. The molecule has 0 unspecified atom stereocenters. The van der Waals surface area contributed by atoms with E-state index in [1.54, 1.807) is 18.3 Å². The number of hydrogen-bond acceptors (Lipinski definition) is 5. The first-order chi connectivity index (χ1) is 12.6. The number of nitrogens with zero attached hydrogens (tertiary/aromatic N) is 2. The smallest absolute Gasteiger partial charge is 0.255 e. The Hall–Kier alpha value is -2.15. The average molecular weight is 359 g/mol. The number of carbonyl (C=O) groups is 2. The summed E-state index contributed by atoms with van der Waals surface area (Å²) in [5.74, 6) is 0.349. The lowest BCUT2D eigenvalue weighted by Gasteiger charge is -2.35. The van der Waals surface area contributed by atoms with E-state index in [4.69, 9.17) is 11.5 Å². The van der Waals surface area contributed by atoms with Gasteiger partial charge in [0.05, 0.1) is 11.6 Å². The van der Waals surface area contributed by atoms with Crippen molar-refractivity contribution < 1.29 is 9.59 Å². The Balaban J connectivity index is 1.48. The van der Waals surface area contributed by atoms with Crippen LogP contribution in [0.4, 0.5) is 5.82 Å². The van der Waals surface area contributed by atoms with Gasteiger partial charge in [-0.3, -0.25) is 9.59 Å². The number of nitrogens with two attached hydrogens (primary N) is 2. The highest BCUT2D eigenvalue weighted by atomic mass is 16.2. The second-order valence-electron chi connectivity index (χ2n) is 7.43. The summed E-state index contributed by atoms with van der Waals surface area (Å²) in [7, 11) is 0. The van der Waals surface area contributed by atoms with Crippen LogP contribution in [0.25, 0.3) is 0 Å². The van der Waals surface area contributed by atoms with Crippen molar-refractivity contribution in [1.29, 1.82) is 0 Å². The van der Waals surface area contributed by atoms with Gasteiger partial charge in [-0.05, 0) is 63.0 Å². The molecule has 1 aliphatic heterocycles. The van der Waals surface area contributed by atoms with Gasteiger partial charge in [-0.25, -0.2) is 4.98 Å². The Labute approximate surface area is 154 Å². The molecule has 0 bridgehead atoms. The van der Waals surface area contributed by atoms with Crippen LogP contribution >= 0.6 is 0 Å². The third-order valence-electron chi connectivity index (χ3n) is 5.65. The summed E-state index contributed by atoms with van der Waals surface area (Å²) in [6, 6.07) is 3.05. The first-order valence-corrected chi connectivity index (χ1v) is 9.62. The fourth-order valence-corrected chi connectivity index (χ4v) is 4.02. The predicted molar refractivity (Wildman–Crippen MR) is 100 cm³/mol. The lowest BCUT2D eigenvalue weighted by Crippen LogP contribution is -2.51. The first kappa shape index (κ1) is 18.6. The van der Waals surface area contributed by atoms with Crippen LogP contribution in [0.2, 0.25) is 0 Å². The summed E-state index contributed by atoms with van der Waals surface area (Å²) in [6.07, 6.45) is 8.30. The maximum Gasteiger partial charge on any atom is 0.255 e. The molecule has 2 amide bonds. The number of aromatic nitrogens is 1. The van der Waals surface area contributed by atoms with E-state index in [-0.39, 0.29) is 29.6 Å². The molecule has 1 saturated heterocycles. The number of anilines is 1.